The fourth-order valence-electron chi connectivity index (χ4n) is 2.26. The molecule has 0 saturated carbocycles. The maximum absolute atomic E-state index is 9.67. The minimum absolute atomic E-state index is 0.216. The average molecular weight is 220 g/mol. The Labute approximate surface area is 96.8 Å². The van der Waals surface area contributed by atoms with Gasteiger partial charge >= 0.3 is 0 Å². The Morgan fingerprint density at radius 1 is 1.44 bits per heavy atom. The summed E-state index contributed by atoms with van der Waals surface area (Å²) in [6.45, 7) is 0. The summed E-state index contributed by atoms with van der Waals surface area (Å²) in [5, 5.41) is 13.8. The van der Waals surface area contributed by atoms with Crippen LogP contribution in [0.4, 0.5) is 0 Å². The highest BCUT2D eigenvalue weighted by molar-refractivity contribution is 5.12. The third-order valence-corrected chi connectivity index (χ3v) is 3.17. The van der Waals surface area contributed by atoms with Gasteiger partial charge in [0.2, 0.25) is 0 Å². The fourth-order valence-corrected chi connectivity index (χ4v) is 2.26. The molecule has 0 saturated heterocycles. The topological polar surface area (TPSA) is 38.0 Å². The maximum Gasteiger partial charge on any atom is 0.0723 e. The smallest absolute Gasteiger partial charge is 0.0723 e. The van der Waals surface area contributed by atoms with Gasteiger partial charge in [0, 0.05) is 13.2 Å². The molecule has 3 heteroatoms. The van der Waals surface area contributed by atoms with Crippen LogP contribution in [-0.2, 0) is 13.5 Å². The van der Waals surface area contributed by atoms with Crippen molar-refractivity contribution in [1.82, 2.24) is 9.78 Å². The lowest BCUT2D eigenvalue weighted by Crippen LogP contribution is -2.00. The van der Waals surface area contributed by atoms with Gasteiger partial charge in [0.05, 0.1) is 12.3 Å². The summed E-state index contributed by atoms with van der Waals surface area (Å²) in [6.07, 6.45) is 12.4. The predicted octanol–water partition coefficient (Wildman–Crippen LogP) is 2.21. The van der Waals surface area contributed by atoms with Crippen LogP contribution in [0.5, 0.6) is 0 Å². The van der Waals surface area contributed by atoms with Gasteiger partial charge in [-0.1, -0.05) is 18.1 Å². The summed E-state index contributed by atoms with van der Waals surface area (Å²) in [5.74, 6) is 0. The lowest BCUT2D eigenvalue weighted by atomic mass is 10.0. The Morgan fingerprint density at radius 2 is 2.31 bits per heavy atom. The summed E-state index contributed by atoms with van der Waals surface area (Å²) >= 11 is 0. The van der Waals surface area contributed by atoms with Crippen LogP contribution in [0.25, 0.3) is 0 Å². The third kappa shape index (κ3) is 3.20. The van der Waals surface area contributed by atoms with Crippen LogP contribution in [0.2, 0.25) is 0 Å². The van der Waals surface area contributed by atoms with Gasteiger partial charge in [-0.25, -0.2) is 0 Å². The van der Waals surface area contributed by atoms with E-state index in [1.54, 1.807) is 0 Å². The van der Waals surface area contributed by atoms with Crippen molar-refractivity contribution in [3.05, 3.63) is 29.6 Å². The molecule has 1 aliphatic carbocycles. The molecule has 88 valence electrons. The fraction of sp³-hybridized carbons (Fsp3) is 0.615. The van der Waals surface area contributed by atoms with E-state index in [0.29, 0.717) is 0 Å². The molecule has 16 heavy (non-hydrogen) atoms. The van der Waals surface area contributed by atoms with Gasteiger partial charge in [0.15, 0.2) is 0 Å². The number of aliphatic hydroxyl groups is 1. The SMILES string of the molecule is Cn1cc(CCC2=CC(O)CCCC2)cn1. The Bertz CT molecular complexity index is 368. The second kappa shape index (κ2) is 5.30. The standard InChI is InChI=1S/C13H20N2O/c1-15-10-12(9-14-15)7-6-11-4-2-3-5-13(16)8-11/h8-10,13,16H,2-7H2,1H3. The normalized spacial score (nSPS) is 21.6. The number of hydrogen-bond acceptors (Lipinski definition) is 2. The molecule has 1 N–H and O–H groups in total. The summed E-state index contributed by atoms with van der Waals surface area (Å²) in [6, 6.07) is 0. The molecule has 0 fully saturated rings. The van der Waals surface area contributed by atoms with E-state index in [4.69, 9.17) is 0 Å². The van der Waals surface area contributed by atoms with Crippen molar-refractivity contribution >= 4 is 0 Å². The second-order valence-electron chi connectivity index (χ2n) is 4.66. The molecule has 1 heterocycles. The van der Waals surface area contributed by atoms with Crippen LogP contribution in [0.15, 0.2) is 24.0 Å². The molecular formula is C13H20N2O. The molecular weight excluding hydrogens is 200 g/mol. The monoisotopic (exact) mass is 220 g/mol. The maximum atomic E-state index is 9.67. The molecule has 1 aromatic rings. The summed E-state index contributed by atoms with van der Waals surface area (Å²) < 4.78 is 1.84. The molecule has 1 aliphatic rings. The van der Waals surface area contributed by atoms with Gasteiger partial charge in [-0.15, -0.1) is 0 Å². The summed E-state index contributed by atoms with van der Waals surface area (Å²) in [4.78, 5) is 0. The lowest BCUT2D eigenvalue weighted by Gasteiger charge is -2.05. The number of allylic oxidation sites excluding steroid dienone is 1. The van der Waals surface area contributed by atoms with Crippen molar-refractivity contribution in [2.24, 2.45) is 7.05 Å². The molecule has 0 aliphatic heterocycles. The first kappa shape index (κ1) is 11.4. The first-order valence-corrected chi connectivity index (χ1v) is 6.09. The first-order valence-electron chi connectivity index (χ1n) is 6.09. The number of hydrogen-bond donors (Lipinski definition) is 1. The van der Waals surface area contributed by atoms with E-state index in [9.17, 15) is 5.11 Å². The van der Waals surface area contributed by atoms with Crippen LogP contribution in [0.1, 0.15) is 37.7 Å². The van der Waals surface area contributed by atoms with Crippen LogP contribution < -0.4 is 0 Å². The minimum atomic E-state index is -0.216. The lowest BCUT2D eigenvalue weighted by molar-refractivity contribution is 0.211. The van der Waals surface area contributed by atoms with E-state index in [2.05, 4.69) is 17.4 Å². The molecule has 0 radical (unpaired) electrons. The van der Waals surface area contributed by atoms with Crippen molar-refractivity contribution < 1.29 is 5.11 Å². The van der Waals surface area contributed by atoms with Crippen LogP contribution in [0.3, 0.4) is 0 Å². The Kier molecular flexibility index (Phi) is 3.78. The van der Waals surface area contributed by atoms with E-state index < -0.39 is 0 Å². The largest absolute Gasteiger partial charge is 0.389 e. The highest BCUT2D eigenvalue weighted by Gasteiger charge is 2.09. The zero-order chi connectivity index (χ0) is 11.4. The molecule has 0 amide bonds. The van der Waals surface area contributed by atoms with Crippen molar-refractivity contribution in [3.63, 3.8) is 0 Å². The molecule has 1 atom stereocenters. The highest BCUT2D eigenvalue weighted by Crippen LogP contribution is 2.21. The van der Waals surface area contributed by atoms with Gasteiger partial charge in [-0.3, -0.25) is 4.68 Å². The summed E-state index contributed by atoms with van der Waals surface area (Å²) in [7, 11) is 1.94. The highest BCUT2D eigenvalue weighted by atomic mass is 16.3. The predicted molar refractivity (Wildman–Crippen MR) is 64.1 cm³/mol. The van der Waals surface area contributed by atoms with Gasteiger partial charge in [-0.05, 0) is 37.7 Å². The molecule has 0 bridgehead atoms. The number of aliphatic hydroxyl groups excluding tert-OH is 1. The van der Waals surface area contributed by atoms with E-state index in [0.717, 1.165) is 32.1 Å². The van der Waals surface area contributed by atoms with E-state index in [1.165, 1.54) is 17.6 Å². The van der Waals surface area contributed by atoms with Gasteiger partial charge in [0.25, 0.3) is 0 Å². The Morgan fingerprint density at radius 3 is 3.06 bits per heavy atom. The van der Waals surface area contributed by atoms with Gasteiger partial charge < -0.3 is 5.11 Å². The van der Waals surface area contributed by atoms with Crippen LogP contribution in [0, 0.1) is 0 Å². The van der Waals surface area contributed by atoms with Crippen molar-refractivity contribution in [2.45, 2.75) is 44.6 Å². The molecule has 0 aromatic carbocycles. The minimum Gasteiger partial charge on any atom is -0.389 e. The van der Waals surface area contributed by atoms with Crippen molar-refractivity contribution in [1.29, 1.82) is 0 Å². The van der Waals surface area contributed by atoms with E-state index >= 15 is 0 Å². The number of rotatable bonds is 3. The zero-order valence-electron chi connectivity index (χ0n) is 9.89. The first-order chi connectivity index (χ1) is 7.74. The molecule has 1 unspecified atom stereocenters. The number of aromatic nitrogens is 2. The molecule has 3 nitrogen and oxygen atoms in total. The second-order valence-corrected chi connectivity index (χ2v) is 4.66. The molecule has 2 rings (SSSR count). The third-order valence-electron chi connectivity index (χ3n) is 3.17. The van der Waals surface area contributed by atoms with Crippen LogP contribution >= 0.6 is 0 Å². The molecule has 1 aromatic heterocycles. The zero-order valence-corrected chi connectivity index (χ0v) is 9.89. The van der Waals surface area contributed by atoms with E-state index in [-0.39, 0.29) is 6.10 Å². The van der Waals surface area contributed by atoms with Crippen LogP contribution in [-0.4, -0.2) is 21.0 Å². The summed E-state index contributed by atoms with van der Waals surface area (Å²) in [5.41, 5.74) is 2.69. The van der Waals surface area contributed by atoms with E-state index in [1.807, 2.05) is 17.9 Å². The quantitative estimate of drug-likeness (QED) is 0.793. The molecule has 0 spiro atoms. The van der Waals surface area contributed by atoms with Crippen molar-refractivity contribution in [3.8, 4) is 0 Å². The Balaban J connectivity index is 1.89. The van der Waals surface area contributed by atoms with Gasteiger partial charge in [0.1, 0.15) is 0 Å². The number of aryl methyl sites for hydroxylation is 2. The van der Waals surface area contributed by atoms with Gasteiger partial charge in [-0.2, -0.15) is 5.10 Å². The Hall–Kier alpha value is -1.09. The van der Waals surface area contributed by atoms with Crippen molar-refractivity contribution in [2.75, 3.05) is 0 Å². The number of nitrogens with zero attached hydrogens (tertiary/aromatic N) is 2. The average Bonchev–Trinajstić information content (AvgIpc) is 2.55.